The second-order valence-electron chi connectivity index (χ2n) is 11.3. The summed E-state index contributed by atoms with van der Waals surface area (Å²) >= 11 is 0. The lowest BCUT2D eigenvalue weighted by Crippen LogP contribution is -2.47. The molecule has 150 valence electrons. The summed E-state index contributed by atoms with van der Waals surface area (Å²) in [5.41, 5.74) is 3.55. The SMILES string of the molecule is CC1=C([C@H]2C(O)C(C(C)(C)C)=CC(C)[C@H]2C)[C@H](O)[C@H](C(C)(C)C)C[C@H]1C. The Kier molecular flexibility index (Phi) is 5.92. The van der Waals surface area contributed by atoms with Crippen molar-refractivity contribution in [1.29, 1.82) is 0 Å². The fourth-order valence-corrected chi connectivity index (χ4v) is 5.20. The topological polar surface area (TPSA) is 40.5 Å². The molecule has 2 rings (SSSR count). The van der Waals surface area contributed by atoms with Crippen LogP contribution >= 0.6 is 0 Å². The molecule has 0 aromatic carbocycles. The van der Waals surface area contributed by atoms with Crippen LogP contribution in [0.5, 0.6) is 0 Å². The van der Waals surface area contributed by atoms with Crippen LogP contribution in [0.2, 0.25) is 0 Å². The van der Waals surface area contributed by atoms with E-state index in [0.717, 1.165) is 17.6 Å². The minimum atomic E-state index is -0.508. The van der Waals surface area contributed by atoms with Crippen LogP contribution in [0.25, 0.3) is 0 Å². The molecular weight excluding hydrogens is 320 g/mol. The molecule has 0 aliphatic heterocycles. The van der Waals surface area contributed by atoms with Crippen LogP contribution in [-0.2, 0) is 0 Å². The van der Waals surface area contributed by atoms with Gasteiger partial charge < -0.3 is 10.2 Å². The molecule has 2 heteroatoms. The van der Waals surface area contributed by atoms with E-state index in [1.54, 1.807) is 0 Å². The molecule has 2 N–H and O–H groups in total. The molecule has 0 saturated carbocycles. The lowest BCUT2D eigenvalue weighted by molar-refractivity contribution is 0.00966. The second-order valence-corrected chi connectivity index (χ2v) is 11.3. The third kappa shape index (κ3) is 3.83. The zero-order valence-electron chi connectivity index (χ0n) is 18.7. The minimum Gasteiger partial charge on any atom is -0.388 e. The maximum absolute atomic E-state index is 11.4. The van der Waals surface area contributed by atoms with Gasteiger partial charge >= 0.3 is 0 Å². The second kappa shape index (κ2) is 7.09. The summed E-state index contributed by atoms with van der Waals surface area (Å²) in [5.74, 6) is 1.41. The molecule has 2 nitrogen and oxygen atoms in total. The van der Waals surface area contributed by atoms with E-state index in [0.29, 0.717) is 17.8 Å². The Morgan fingerprint density at radius 1 is 0.923 bits per heavy atom. The molecule has 26 heavy (non-hydrogen) atoms. The van der Waals surface area contributed by atoms with Gasteiger partial charge in [0.1, 0.15) is 0 Å². The van der Waals surface area contributed by atoms with Crippen LogP contribution in [0.4, 0.5) is 0 Å². The third-order valence-electron chi connectivity index (χ3n) is 7.34. The highest BCUT2D eigenvalue weighted by molar-refractivity contribution is 5.34. The first kappa shape index (κ1) is 21.7. The van der Waals surface area contributed by atoms with Crippen molar-refractivity contribution in [2.45, 2.75) is 87.9 Å². The Labute approximate surface area is 161 Å². The van der Waals surface area contributed by atoms with Crippen molar-refractivity contribution in [3.63, 3.8) is 0 Å². The van der Waals surface area contributed by atoms with Gasteiger partial charge in [0.15, 0.2) is 0 Å². The molecule has 0 fully saturated rings. The van der Waals surface area contributed by atoms with Crippen molar-refractivity contribution in [3.8, 4) is 0 Å². The Hall–Kier alpha value is -0.600. The van der Waals surface area contributed by atoms with E-state index in [2.05, 4.69) is 75.3 Å². The number of aliphatic hydroxyl groups excluding tert-OH is 2. The fraction of sp³-hybridized carbons (Fsp3) is 0.833. The van der Waals surface area contributed by atoms with Crippen molar-refractivity contribution in [2.24, 2.45) is 40.4 Å². The maximum atomic E-state index is 11.4. The van der Waals surface area contributed by atoms with Crippen LogP contribution in [-0.4, -0.2) is 22.4 Å². The zero-order chi connectivity index (χ0) is 20.2. The van der Waals surface area contributed by atoms with Gasteiger partial charge in [0.05, 0.1) is 12.2 Å². The Morgan fingerprint density at radius 2 is 1.46 bits per heavy atom. The van der Waals surface area contributed by atoms with Gasteiger partial charge in [-0.1, -0.05) is 74.0 Å². The van der Waals surface area contributed by atoms with Crippen molar-refractivity contribution < 1.29 is 10.2 Å². The standard InChI is InChI=1S/C24H42O2/c1-13-11-17(23(5,6)7)21(25)19(15(13)3)20-16(4)14(2)12-18(22(20)26)24(8,9)10/h11,13-15,18-19,21-22,25-26H,12H2,1-10H3/t13?,14-,15-,18-,19+,21?,22-/m1/s1. The molecule has 2 aliphatic rings. The first-order chi connectivity index (χ1) is 11.7. The number of hydrogen-bond donors (Lipinski definition) is 2. The molecule has 2 aliphatic carbocycles. The Balaban J connectivity index is 2.56. The smallest absolute Gasteiger partial charge is 0.0824 e. The van der Waals surface area contributed by atoms with Gasteiger partial charge in [-0.05, 0) is 59.0 Å². The largest absolute Gasteiger partial charge is 0.388 e. The average molecular weight is 363 g/mol. The van der Waals surface area contributed by atoms with Crippen molar-refractivity contribution in [1.82, 2.24) is 0 Å². The molecular formula is C24H42O2. The van der Waals surface area contributed by atoms with Crippen molar-refractivity contribution >= 4 is 0 Å². The highest BCUT2D eigenvalue weighted by Crippen LogP contribution is 2.51. The fourth-order valence-electron chi connectivity index (χ4n) is 5.20. The van der Waals surface area contributed by atoms with Crippen molar-refractivity contribution in [3.05, 3.63) is 22.8 Å². The highest BCUT2D eigenvalue weighted by atomic mass is 16.3. The Bertz CT molecular complexity index is 584. The van der Waals surface area contributed by atoms with Crippen LogP contribution in [0.1, 0.15) is 75.7 Å². The van der Waals surface area contributed by atoms with Crippen LogP contribution in [0, 0.1) is 40.4 Å². The number of rotatable bonds is 1. The molecule has 2 unspecified atom stereocenters. The molecule has 0 spiro atoms. The van der Waals surface area contributed by atoms with E-state index in [1.165, 1.54) is 5.57 Å². The van der Waals surface area contributed by atoms with Gasteiger partial charge in [-0.3, -0.25) is 0 Å². The van der Waals surface area contributed by atoms with E-state index in [4.69, 9.17) is 0 Å². The molecule has 0 heterocycles. The summed E-state index contributed by atoms with van der Waals surface area (Å²) in [7, 11) is 0. The quantitative estimate of drug-likeness (QED) is 0.596. The monoisotopic (exact) mass is 362 g/mol. The average Bonchev–Trinajstić information content (AvgIpc) is 2.47. The van der Waals surface area contributed by atoms with E-state index < -0.39 is 12.2 Å². The van der Waals surface area contributed by atoms with Gasteiger partial charge in [-0.15, -0.1) is 0 Å². The van der Waals surface area contributed by atoms with E-state index in [-0.39, 0.29) is 22.7 Å². The molecule has 0 bridgehead atoms. The van der Waals surface area contributed by atoms with Gasteiger partial charge in [0.2, 0.25) is 0 Å². The number of aliphatic hydroxyl groups is 2. The van der Waals surface area contributed by atoms with Gasteiger partial charge in [0, 0.05) is 5.92 Å². The summed E-state index contributed by atoms with van der Waals surface area (Å²) in [6.07, 6.45) is 2.34. The first-order valence-electron chi connectivity index (χ1n) is 10.5. The van der Waals surface area contributed by atoms with E-state index >= 15 is 0 Å². The lowest BCUT2D eigenvalue weighted by atomic mass is 9.58. The highest BCUT2D eigenvalue weighted by Gasteiger charge is 2.47. The van der Waals surface area contributed by atoms with Gasteiger partial charge in [-0.2, -0.15) is 0 Å². The predicted molar refractivity (Wildman–Crippen MR) is 111 cm³/mol. The van der Waals surface area contributed by atoms with E-state index in [9.17, 15) is 10.2 Å². The van der Waals surface area contributed by atoms with Crippen molar-refractivity contribution in [2.75, 3.05) is 0 Å². The number of allylic oxidation sites excluding steroid dienone is 2. The summed E-state index contributed by atoms with van der Waals surface area (Å²) in [6, 6.07) is 0. The van der Waals surface area contributed by atoms with Gasteiger partial charge in [-0.25, -0.2) is 0 Å². The first-order valence-corrected chi connectivity index (χ1v) is 10.5. The summed E-state index contributed by atoms with van der Waals surface area (Å²) in [6.45, 7) is 22.2. The molecule has 0 aromatic rings. The summed E-state index contributed by atoms with van der Waals surface area (Å²) < 4.78 is 0. The summed E-state index contributed by atoms with van der Waals surface area (Å²) in [5, 5.41) is 22.8. The molecule has 0 aromatic heterocycles. The van der Waals surface area contributed by atoms with E-state index in [1.807, 2.05) is 0 Å². The van der Waals surface area contributed by atoms with Crippen LogP contribution in [0.3, 0.4) is 0 Å². The zero-order valence-corrected chi connectivity index (χ0v) is 18.7. The predicted octanol–water partition coefficient (Wildman–Crippen LogP) is 5.60. The molecule has 0 amide bonds. The number of hydrogen-bond acceptors (Lipinski definition) is 2. The minimum absolute atomic E-state index is 0.00632. The Morgan fingerprint density at radius 3 is 1.92 bits per heavy atom. The normalized spacial score (nSPS) is 39.8. The molecule has 7 atom stereocenters. The van der Waals surface area contributed by atoms with Crippen LogP contribution < -0.4 is 0 Å². The maximum Gasteiger partial charge on any atom is 0.0824 e. The molecule has 0 radical (unpaired) electrons. The summed E-state index contributed by atoms with van der Waals surface area (Å²) in [4.78, 5) is 0. The third-order valence-corrected chi connectivity index (χ3v) is 7.34. The van der Waals surface area contributed by atoms with Crippen LogP contribution in [0.15, 0.2) is 22.8 Å². The lowest BCUT2D eigenvalue weighted by Gasteiger charge is -2.49. The van der Waals surface area contributed by atoms with Gasteiger partial charge in [0.25, 0.3) is 0 Å². The molecule has 0 saturated heterocycles.